The first-order chi connectivity index (χ1) is 10.7. The van der Waals surface area contributed by atoms with E-state index in [0.717, 1.165) is 42.1 Å². The third-order valence-electron chi connectivity index (χ3n) is 3.86. The number of nitrogens with one attached hydrogen (secondary N) is 1. The molecule has 0 bridgehead atoms. The third kappa shape index (κ3) is 3.59. The van der Waals surface area contributed by atoms with Gasteiger partial charge in [0.2, 0.25) is 0 Å². The fourth-order valence-electron chi connectivity index (χ4n) is 2.64. The van der Waals surface area contributed by atoms with Gasteiger partial charge in [0.1, 0.15) is 0 Å². The van der Waals surface area contributed by atoms with E-state index in [-0.39, 0.29) is 11.9 Å². The molecule has 0 saturated carbocycles. The molecule has 4 nitrogen and oxygen atoms in total. The van der Waals surface area contributed by atoms with E-state index in [4.69, 9.17) is 4.74 Å². The first-order valence-electron chi connectivity index (χ1n) is 7.59. The Labute approximate surface area is 130 Å². The Morgan fingerprint density at radius 3 is 2.82 bits per heavy atom. The highest BCUT2D eigenvalue weighted by Gasteiger charge is 2.15. The van der Waals surface area contributed by atoms with Crippen LogP contribution in [0.5, 0.6) is 0 Å². The molecule has 1 saturated heterocycles. The molecule has 2 aromatic rings. The zero-order valence-electron chi connectivity index (χ0n) is 12.7. The van der Waals surface area contributed by atoms with Crippen LogP contribution in [-0.4, -0.2) is 30.5 Å². The van der Waals surface area contributed by atoms with Crippen LogP contribution in [0.4, 0.5) is 0 Å². The van der Waals surface area contributed by atoms with Crippen molar-refractivity contribution in [1.82, 2.24) is 10.3 Å². The molecule has 1 fully saturated rings. The zero-order chi connectivity index (χ0) is 15.4. The van der Waals surface area contributed by atoms with Crippen LogP contribution in [-0.2, 0) is 11.2 Å². The lowest BCUT2D eigenvalue weighted by molar-refractivity contribution is 0.0277. The summed E-state index contributed by atoms with van der Waals surface area (Å²) in [5, 5.41) is 3.32. The van der Waals surface area contributed by atoms with E-state index in [1.54, 1.807) is 12.3 Å². The van der Waals surface area contributed by atoms with Gasteiger partial charge in [-0.15, -0.1) is 0 Å². The van der Waals surface area contributed by atoms with Gasteiger partial charge in [0.05, 0.1) is 12.7 Å². The molecule has 1 N–H and O–H groups in total. The van der Waals surface area contributed by atoms with Crippen molar-refractivity contribution >= 4 is 5.78 Å². The van der Waals surface area contributed by atoms with Gasteiger partial charge < -0.3 is 10.1 Å². The highest BCUT2D eigenvalue weighted by Crippen LogP contribution is 2.19. The van der Waals surface area contributed by atoms with Crippen LogP contribution in [0.1, 0.15) is 33.3 Å². The Kier molecular flexibility index (Phi) is 4.61. The smallest absolute Gasteiger partial charge is 0.167 e. The van der Waals surface area contributed by atoms with Gasteiger partial charge in [-0.1, -0.05) is 24.3 Å². The van der Waals surface area contributed by atoms with Crippen molar-refractivity contribution in [1.29, 1.82) is 0 Å². The number of ketones is 1. The van der Waals surface area contributed by atoms with Crippen molar-refractivity contribution in [2.75, 3.05) is 19.7 Å². The number of hydrogen-bond donors (Lipinski definition) is 1. The minimum absolute atomic E-state index is 0.112. The van der Waals surface area contributed by atoms with Crippen LogP contribution in [0.3, 0.4) is 0 Å². The van der Waals surface area contributed by atoms with Crippen molar-refractivity contribution in [2.45, 2.75) is 19.4 Å². The number of Topliss-reactive ketones (excluding diaryl/α,β-unsaturated/α-hetero) is 1. The average Bonchev–Trinajstić information content (AvgIpc) is 2.56. The lowest BCUT2D eigenvalue weighted by atomic mass is 10.0. The maximum Gasteiger partial charge on any atom is 0.167 e. The quantitative estimate of drug-likeness (QED) is 0.881. The summed E-state index contributed by atoms with van der Waals surface area (Å²) < 4.78 is 5.73. The predicted octanol–water partition coefficient (Wildman–Crippen LogP) is 2.48. The van der Waals surface area contributed by atoms with Crippen LogP contribution in [0, 0.1) is 6.92 Å². The van der Waals surface area contributed by atoms with E-state index in [1.165, 1.54) is 0 Å². The SMILES string of the molecule is Cc1cc(C(=O)Cc2ccc([C@H]3CNCCO3)cc2)ccn1. The van der Waals surface area contributed by atoms with E-state index in [1.807, 2.05) is 25.1 Å². The van der Waals surface area contributed by atoms with Crippen LogP contribution < -0.4 is 5.32 Å². The number of carbonyl (C=O) groups excluding carboxylic acids is 1. The maximum absolute atomic E-state index is 12.3. The third-order valence-corrected chi connectivity index (χ3v) is 3.86. The molecule has 1 aromatic carbocycles. The normalized spacial score (nSPS) is 18.1. The molecule has 1 aliphatic heterocycles. The van der Waals surface area contributed by atoms with Gasteiger partial charge >= 0.3 is 0 Å². The molecule has 4 heteroatoms. The second-order valence-corrected chi connectivity index (χ2v) is 5.59. The molecule has 0 amide bonds. The van der Waals surface area contributed by atoms with E-state index >= 15 is 0 Å². The number of hydrogen-bond acceptors (Lipinski definition) is 4. The van der Waals surface area contributed by atoms with Crippen LogP contribution in [0.15, 0.2) is 42.6 Å². The van der Waals surface area contributed by atoms with Gasteiger partial charge in [0, 0.05) is 37.0 Å². The number of nitrogens with zero attached hydrogens (tertiary/aromatic N) is 1. The van der Waals surface area contributed by atoms with Crippen molar-refractivity contribution in [3.63, 3.8) is 0 Å². The van der Waals surface area contributed by atoms with Crippen LogP contribution >= 0.6 is 0 Å². The summed E-state index contributed by atoms with van der Waals surface area (Å²) in [4.78, 5) is 16.4. The molecule has 0 radical (unpaired) electrons. The number of morpholine rings is 1. The first kappa shape index (κ1) is 14.9. The molecule has 1 aromatic heterocycles. The standard InChI is InChI=1S/C18H20N2O2/c1-13-10-16(6-7-20-13)17(21)11-14-2-4-15(5-3-14)18-12-19-8-9-22-18/h2-7,10,18-19H,8-9,11-12H2,1H3/t18-/m1/s1. The van der Waals surface area contributed by atoms with Crippen molar-refractivity contribution in [3.05, 3.63) is 65.0 Å². The summed E-state index contributed by atoms with van der Waals surface area (Å²) >= 11 is 0. The van der Waals surface area contributed by atoms with Crippen molar-refractivity contribution < 1.29 is 9.53 Å². The topological polar surface area (TPSA) is 51.2 Å². The van der Waals surface area contributed by atoms with E-state index in [9.17, 15) is 4.79 Å². The molecular formula is C18H20N2O2. The molecular weight excluding hydrogens is 276 g/mol. The van der Waals surface area contributed by atoms with E-state index < -0.39 is 0 Å². The molecule has 2 heterocycles. The first-order valence-corrected chi connectivity index (χ1v) is 7.59. The molecule has 3 rings (SSSR count). The molecule has 0 unspecified atom stereocenters. The maximum atomic E-state index is 12.3. The van der Waals surface area contributed by atoms with E-state index in [2.05, 4.69) is 22.4 Å². The number of benzene rings is 1. The van der Waals surface area contributed by atoms with Crippen LogP contribution in [0.2, 0.25) is 0 Å². The highest BCUT2D eigenvalue weighted by molar-refractivity contribution is 5.97. The van der Waals surface area contributed by atoms with Gasteiger partial charge in [0.25, 0.3) is 0 Å². The van der Waals surface area contributed by atoms with Crippen LogP contribution in [0.25, 0.3) is 0 Å². The largest absolute Gasteiger partial charge is 0.371 e. The Hall–Kier alpha value is -2.04. The number of pyridine rings is 1. The number of aryl methyl sites for hydroxylation is 1. The number of carbonyl (C=O) groups is 1. The fraction of sp³-hybridized carbons (Fsp3) is 0.333. The highest BCUT2D eigenvalue weighted by atomic mass is 16.5. The van der Waals surface area contributed by atoms with Gasteiger partial charge in [-0.05, 0) is 30.2 Å². The predicted molar refractivity (Wildman–Crippen MR) is 85.0 cm³/mol. The minimum atomic E-state index is 0.112. The monoisotopic (exact) mass is 296 g/mol. The second kappa shape index (κ2) is 6.81. The lowest BCUT2D eigenvalue weighted by Gasteiger charge is -2.24. The molecule has 1 atom stereocenters. The number of aromatic nitrogens is 1. The van der Waals surface area contributed by atoms with Gasteiger partial charge in [-0.25, -0.2) is 0 Å². The summed E-state index contributed by atoms with van der Waals surface area (Å²) in [6.45, 7) is 4.39. The number of ether oxygens (including phenoxy) is 1. The summed E-state index contributed by atoms with van der Waals surface area (Å²) in [6, 6.07) is 11.7. The molecule has 114 valence electrons. The minimum Gasteiger partial charge on any atom is -0.371 e. The van der Waals surface area contributed by atoms with Gasteiger partial charge in [0.15, 0.2) is 5.78 Å². The van der Waals surface area contributed by atoms with Crippen molar-refractivity contribution in [3.8, 4) is 0 Å². The lowest BCUT2D eigenvalue weighted by Crippen LogP contribution is -2.33. The van der Waals surface area contributed by atoms with E-state index in [0.29, 0.717) is 6.42 Å². The Bertz CT molecular complexity index is 646. The Morgan fingerprint density at radius 2 is 2.14 bits per heavy atom. The number of rotatable bonds is 4. The zero-order valence-corrected chi connectivity index (χ0v) is 12.7. The van der Waals surface area contributed by atoms with Gasteiger partial charge in [-0.2, -0.15) is 0 Å². The summed E-state index contributed by atoms with van der Waals surface area (Å²) in [7, 11) is 0. The second-order valence-electron chi connectivity index (χ2n) is 5.59. The Morgan fingerprint density at radius 1 is 1.32 bits per heavy atom. The van der Waals surface area contributed by atoms with Gasteiger partial charge in [-0.3, -0.25) is 9.78 Å². The summed E-state index contributed by atoms with van der Waals surface area (Å²) in [5.41, 5.74) is 3.76. The molecule has 1 aliphatic rings. The fourth-order valence-corrected chi connectivity index (χ4v) is 2.64. The molecule has 0 aliphatic carbocycles. The summed E-state index contributed by atoms with van der Waals surface area (Å²) in [5.74, 6) is 0.119. The molecule has 22 heavy (non-hydrogen) atoms. The summed E-state index contributed by atoms with van der Waals surface area (Å²) in [6.07, 6.45) is 2.20. The van der Waals surface area contributed by atoms with Crippen molar-refractivity contribution in [2.24, 2.45) is 0 Å². The molecule has 0 spiro atoms. The Balaban J connectivity index is 1.66. The average molecular weight is 296 g/mol.